The number of aromatic nitrogens is 2. The Balaban J connectivity index is 2.06. The van der Waals surface area contributed by atoms with Crippen LogP contribution in [0.5, 0.6) is 0 Å². The Bertz CT molecular complexity index is 1020. The molecular formula is C16H9F6N3O. The van der Waals surface area contributed by atoms with Gasteiger partial charge in [0.2, 0.25) is 0 Å². The number of alkyl halides is 3. The molecule has 0 saturated carbocycles. The van der Waals surface area contributed by atoms with Crippen LogP contribution in [0.2, 0.25) is 0 Å². The van der Waals surface area contributed by atoms with E-state index >= 15 is 0 Å². The molecule has 136 valence electrons. The summed E-state index contributed by atoms with van der Waals surface area (Å²) in [5.74, 6) is -5.88. The molecule has 3 aromatic rings. The Morgan fingerprint density at radius 2 is 1.77 bits per heavy atom. The quantitative estimate of drug-likeness (QED) is 0.537. The van der Waals surface area contributed by atoms with Crippen LogP contribution in [0.3, 0.4) is 0 Å². The fourth-order valence-corrected chi connectivity index (χ4v) is 2.41. The fourth-order valence-electron chi connectivity index (χ4n) is 2.41. The van der Waals surface area contributed by atoms with E-state index < -0.39 is 40.8 Å². The molecule has 0 fully saturated rings. The molecule has 3 rings (SSSR count). The lowest BCUT2D eigenvalue weighted by Crippen LogP contribution is -2.17. The van der Waals surface area contributed by atoms with Crippen LogP contribution >= 0.6 is 0 Å². The average Bonchev–Trinajstić information content (AvgIpc) is 2.89. The number of hydrogen-bond donors (Lipinski definition) is 1. The second-order valence-corrected chi connectivity index (χ2v) is 5.37. The summed E-state index contributed by atoms with van der Waals surface area (Å²) < 4.78 is 79.4. The van der Waals surface area contributed by atoms with Crippen molar-refractivity contribution in [2.45, 2.75) is 13.1 Å². The molecule has 0 radical (unpaired) electrons. The number of nitrogens with zero attached hydrogens (tertiary/aromatic N) is 2. The summed E-state index contributed by atoms with van der Waals surface area (Å²) in [6, 6.07) is 3.28. The number of halogens is 6. The molecule has 0 saturated heterocycles. The molecule has 1 amide bonds. The van der Waals surface area contributed by atoms with Gasteiger partial charge < -0.3 is 5.32 Å². The number of carbonyl (C=O) groups is 1. The molecule has 4 nitrogen and oxygen atoms in total. The van der Waals surface area contributed by atoms with Crippen LogP contribution in [-0.4, -0.2) is 15.3 Å². The fraction of sp³-hybridized carbons (Fsp3) is 0.125. The average molecular weight is 373 g/mol. The van der Waals surface area contributed by atoms with Crippen LogP contribution in [0.1, 0.15) is 21.7 Å². The number of fused-ring (bicyclic) bond motifs is 1. The van der Waals surface area contributed by atoms with E-state index in [9.17, 15) is 31.1 Å². The first-order valence-corrected chi connectivity index (χ1v) is 7.10. The van der Waals surface area contributed by atoms with Gasteiger partial charge in [-0.05, 0) is 31.2 Å². The number of pyridine rings is 1. The van der Waals surface area contributed by atoms with Gasteiger partial charge in [-0.3, -0.25) is 9.20 Å². The highest BCUT2D eigenvalue weighted by molar-refractivity contribution is 6.04. The molecule has 10 heteroatoms. The summed E-state index contributed by atoms with van der Waals surface area (Å²) in [5, 5.41) is 2.01. The van der Waals surface area contributed by atoms with Gasteiger partial charge in [0.1, 0.15) is 11.3 Å². The van der Waals surface area contributed by atoms with Gasteiger partial charge in [0.15, 0.2) is 17.5 Å². The van der Waals surface area contributed by atoms with Crippen molar-refractivity contribution >= 4 is 17.2 Å². The lowest BCUT2D eigenvalue weighted by Gasteiger charge is -2.10. The van der Waals surface area contributed by atoms with Crippen molar-refractivity contribution in [3.05, 3.63) is 64.9 Å². The topological polar surface area (TPSA) is 46.4 Å². The smallest absolute Gasteiger partial charge is 0.318 e. The number of carbonyl (C=O) groups excluding carboxylic acids is 1. The van der Waals surface area contributed by atoms with Crippen molar-refractivity contribution in [3.8, 4) is 0 Å². The third-order valence-electron chi connectivity index (χ3n) is 3.62. The van der Waals surface area contributed by atoms with E-state index in [-0.39, 0.29) is 17.0 Å². The molecular weight excluding hydrogens is 364 g/mol. The van der Waals surface area contributed by atoms with Crippen LogP contribution in [0.4, 0.5) is 32.0 Å². The maximum atomic E-state index is 13.7. The second kappa shape index (κ2) is 6.04. The number of aryl methyl sites for hydroxylation is 1. The first kappa shape index (κ1) is 17.8. The molecule has 2 aromatic heterocycles. The van der Waals surface area contributed by atoms with E-state index in [4.69, 9.17) is 0 Å². The zero-order valence-corrected chi connectivity index (χ0v) is 13.0. The maximum absolute atomic E-state index is 13.7. The number of amides is 1. The third-order valence-corrected chi connectivity index (χ3v) is 3.62. The van der Waals surface area contributed by atoms with E-state index in [0.717, 1.165) is 22.6 Å². The van der Waals surface area contributed by atoms with E-state index in [1.54, 1.807) is 0 Å². The number of benzene rings is 1. The van der Waals surface area contributed by atoms with Crippen LogP contribution in [0.25, 0.3) is 5.65 Å². The number of imidazole rings is 1. The van der Waals surface area contributed by atoms with Crippen molar-refractivity contribution < 1.29 is 31.1 Å². The van der Waals surface area contributed by atoms with Gasteiger partial charge in [0, 0.05) is 6.20 Å². The first-order valence-electron chi connectivity index (χ1n) is 7.10. The highest BCUT2D eigenvalue weighted by Crippen LogP contribution is 2.30. The zero-order valence-electron chi connectivity index (χ0n) is 13.0. The monoisotopic (exact) mass is 373 g/mol. The molecule has 0 aliphatic rings. The second-order valence-electron chi connectivity index (χ2n) is 5.37. The van der Waals surface area contributed by atoms with Gasteiger partial charge in [-0.2, -0.15) is 13.2 Å². The standard InChI is InChI=1S/C16H9F6N3O/c1-7-14(15(26)24-10-4-3-9(17)12(18)13(10)19)25-6-8(16(20,21)22)2-5-11(25)23-7/h2-6H,1H3,(H,24,26). The van der Waals surface area contributed by atoms with Gasteiger partial charge in [-0.25, -0.2) is 18.2 Å². The molecule has 0 atom stereocenters. The van der Waals surface area contributed by atoms with Crippen molar-refractivity contribution in [1.29, 1.82) is 0 Å². The van der Waals surface area contributed by atoms with Gasteiger partial charge in [-0.1, -0.05) is 0 Å². The summed E-state index contributed by atoms with van der Waals surface area (Å²) in [5.41, 5.74) is -1.84. The minimum absolute atomic E-state index is 0.0615. The predicted octanol–water partition coefficient (Wildman–Crippen LogP) is 4.33. The number of hydrogen-bond acceptors (Lipinski definition) is 2. The summed E-state index contributed by atoms with van der Waals surface area (Å²) in [6.07, 6.45) is -3.97. The highest BCUT2D eigenvalue weighted by atomic mass is 19.4. The summed E-state index contributed by atoms with van der Waals surface area (Å²) >= 11 is 0. The van der Waals surface area contributed by atoms with Gasteiger partial charge in [-0.15, -0.1) is 0 Å². The first-order chi connectivity index (χ1) is 12.1. The van der Waals surface area contributed by atoms with Crippen LogP contribution in [-0.2, 0) is 6.18 Å². The molecule has 2 heterocycles. The lowest BCUT2D eigenvalue weighted by atomic mass is 10.2. The lowest BCUT2D eigenvalue weighted by molar-refractivity contribution is -0.137. The van der Waals surface area contributed by atoms with E-state index in [1.165, 1.54) is 6.92 Å². The minimum atomic E-state index is -4.65. The van der Waals surface area contributed by atoms with Crippen molar-refractivity contribution in [2.24, 2.45) is 0 Å². The van der Waals surface area contributed by atoms with Crippen LogP contribution in [0, 0.1) is 24.4 Å². The third kappa shape index (κ3) is 2.98. The summed E-state index contributed by atoms with van der Waals surface area (Å²) in [7, 11) is 0. The zero-order chi connectivity index (χ0) is 19.2. The maximum Gasteiger partial charge on any atom is 0.417 e. The summed E-state index contributed by atoms with van der Waals surface area (Å²) in [4.78, 5) is 16.3. The molecule has 0 bridgehead atoms. The SMILES string of the molecule is Cc1nc2ccc(C(F)(F)F)cn2c1C(=O)Nc1ccc(F)c(F)c1F. The van der Waals surface area contributed by atoms with E-state index in [0.29, 0.717) is 12.3 Å². The van der Waals surface area contributed by atoms with Crippen LogP contribution < -0.4 is 5.32 Å². The Labute approximate surface area is 142 Å². The van der Waals surface area contributed by atoms with Gasteiger partial charge in [0.05, 0.1) is 16.9 Å². The van der Waals surface area contributed by atoms with Crippen molar-refractivity contribution in [3.63, 3.8) is 0 Å². The molecule has 26 heavy (non-hydrogen) atoms. The molecule has 0 spiro atoms. The van der Waals surface area contributed by atoms with Gasteiger partial charge >= 0.3 is 6.18 Å². The number of anilines is 1. The molecule has 0 unspecified atom stereocenters. The van der Waals surface area contributed by atoms with Crippen molar-refractivity contribution in [1.82, 2.24) is 9.38 Å². The van der Waals surface area contributed by atoms with Crippen LogP contribution in [0.15, 0.2) is 30.5 Å². The van der Waals surface area contributed by atoms with E-state index in [1.807, 2.05) is 5.32 Å². The highest BCUT2D eigenvalue weighted by Gasteiger charge is 2.31. The predicted molar refractivity (Wildman–Crippen MR) is 79.2 cm³/mol. The van der Waals surface area contributed by atoms with Crippen molar-refractivity contribution in [2.75, 3.05) is 5.32 Å². The molecule has 0 aliphatic carbocycles. The molecule has 1 N–H and O–H groups in total. The number of nitrogens with one attached hydrogen (secondary N) is 1. The van der Waals surface area contributed by atoms with E-state index in [2.05, 4.69) is 4.98 Å². The summed E-state index contributed by atoms with van der Waals surface area (Å²) in [6.45, 7) is 1.37. The number of rotatable bonds is 2. The molecule has 1 aromatic carbocycles. The Morgan fingerprint density at radius 3 is 2.42 bits per heavy atom. The Morgan fingerprint density at radius 1 is 1.08 bits per heavy atom. The Hall–Kier alpha value is -3.04. The largest absolute Gasteiger partial charge is 0.417 e. The Kier molecular flexibility index (Phi) is 4.13. The normalized spacial score (nSPS) is 11.8. The van der Waals surface area contributed by atoms with Gasteiger partial charge in [0.25, 0.3) is 5.91 Å². The molecule has 0 aliphatic heterocycles. The minimum Gasteiger partial charge on any atom is -0.318 e.